The van der Waals surface area contributed by atoms with E-state index in [1.54, 1.807) is 29.2 Å². The number of ether oxygens (including phenoxy) is 2. The van der Waals surface area contributed by atoms with Gasteiger partial charge in [0.25, 0.3) is 5.91 Å². The normalized spacial score (nSPS) is 18.1. The summed E-state index contributed by atoms with van der Waals surface area (Å²) in [6.07, 6.45) is 1.61. The molecule has 2 amide bonds. The second-order valence-corrected chi connectivity index (χ2v) is 10.1. The van der Waals surface area contributed by atoms with Crippen LogP contribution in [0.4, 0.5) is 4.39 Å². The summed E-state index contributed by atoms with van der Waals surface area (Å²) in [6.45, 7) is 4.26. The highest BCUT2D eigenvalue weighted by Crippen LogP contribution is 2.37. The van der Waals surface area contributed by atoms with Gasteiger partial charge in [-0.2, -0.15) is 0 Å². The molecule has 0 spiro atoms. The Balaban J connectivity index is 1.38. The van der Waals surface area contributed by atoms with Crippen molar-refractivity contribution in [1.82, 2.24) is 14.7 Å². The third-order valence-electron chi connectivity index (χ3n) is 7.09. The van der Waals surface area contributed by atoms with Crippen molar-refractivity contribution in [1.29, 1.82) is 0 Å². The number of carbonyl (C=O) groups excluding carboxylic acids is 2. The number of halogens is 2. The Morgan fingerprint density at radius 3 is 2.31 bits per heavy atom. The Kier molecular flexibility index (Phi) is 8.69. The minimum Gasteiger partial charge on any atom is -0.493 e. The zero-order chi connectivity index (χ0) is 25.5. The maximum absolute atomic E-state index is 13.8. The quantitative estimate of drug-likeness (QED) is 0.534. The van der Waals surface area contributed by atoms with Gasteiger partial charge in [-0.05, 0) is 50.2 Å². The molecule has 2 aromatic rings. The lowest BCUT2D eigenvalue weighted by Crippen LogP contribution is -2.51. The molecule has 2 aliphatic heterocycles. The van der Waals surface area contributed by atoms with E-state index < -0.39 is 11.2 Å². The predicted octanol–water partition coefficient (Wildman–Crippen LogP) is 3.71. The predicted molar refractivity (Wildman–Crippen MR) is 136 cm³/mol. The van der Waals surface area contributed by atoms with Crippen LogP contribution in [0.5, 0.6) is 11.5 Å². The average molecular weight is 518 g/mol. The number of para-hydroxylation sites is 1. The van der Waals surface area contributed by atoms with Crippen molar-refractivity contribution in [3.63, 3.8) is 0 Å². The average Bonchev–Trinajstić information content (AvgIpc) is 2.88. The van der Waals surface area contributed by atoms with E-state index in [4.69, 9.17) is 21.1 Å². The molecular formula is C27H33ClFN3O4. The molecule has 2 aromatic carbocycles. The van der Waals surface area contributed by atoms with Crippen LogP contribution in [0, 0.1) is 11.2 Å². The fraction of sp³-hybridized carbons (Fsp3) is 0.481. The Morgan fingerprint density at radius 2 is 1.61 bits per heavy atom. The van der Waals surface area contributed by atoms with Gasteiger partial charge in [-0.15, -0.1) is 0 Å². The number of likely N-dealkylation sites (N-methyl/N-ethyl adjacent to an activating group) is 1. The number of rotatable bonds is 8. The number of nitrogens with zero attached hydrogens (tertiary/aromatic N) is 3. The fourth-order valence-electron chi connectivity index (χ4n) is 4.68. The number of hydrogen-bond acceptors (Lipinski definition) is 5. The lowest BCUT2D eigenvalue weighted by atomic mass is 9.75. The molecule has 9 heteroatoms. The van der Waals surface area contributed by atoms with Gasteiger partial charge in [-0.3, -0.25) is 9.59 Å². The first-order chi connectivity index (χ1) is 17.3. The molecule has 2 aliphatic rings. The minimum absolute atomic E-state index is 0.0601. The van der Waals surface area contributed by atoms with E-state index in [2.05, 4.69) is 11.9 Å². The number of hydrogen-bond donors (Lipinski definition) is 0. The first-order valence-corrected chi connectivity index (χ1v) is 12.7. The third-order valence-corrected chi connectivity index (χ3v) is 7.32. The molecule has 0 aliphatic carbocycles. The van der Waals surface area contributed by atoms with Crippen LogP contribution in [0.1, 0.15) is 19.3 Å². The summed E-state index contributed by atoms with van der Waals surface area (Å²) in [4.78, 5) is 31.9. The largest absolute Gasteiger partial charge is 0.493 e. The standard InChI is InChI=1S/C27H33ClFN3O4/c1-30-13-15-32(16-14-30)25(33)18-27(20-36-22-6-4-5-21(28)17-22)9-11-31(12-10-27)26(34)19-35-24-8-3-2-7-23(24)29/h2-8,17H,9-16,18-20H2,1H3. The number of amides is 2. The van der Waals surface area contributed by atoms with Gasteiger partial charge in [0.15, 0.2) is 18.2 Å². The summed E-state index contributed by atoms with van der Waals surface area (Å²) in [7, 11) is 2.06. The summed E-state index contributed by atoms with van der Waals surface area (Å²) in [5.41, 5.74) is -0.397. The molecule has 0 N–H and O–H groups in total. The fourth-order valence-corrected chi connectivity index (χ4v) is 4.86. The summed E-state index contributed by atoms with van der Waals surface area (Å²) in [5.74, 6) is 0.146. The van der Waals surface area contributed by atoms with Crippen LogP contribution in [0.25, 0.3) is 0 Å². The first-order valence-electron chi connectivity index (χ1n) is 12.3. The van der Waals surface area contributed by atoms with Crippen LogP contribution in [0.3, 0.4) is 0 Å². The molecule has 0 aromatic heterocycles. The van der Waals surface area contributed by atoms with Gasteiger partial charge in [0.05, 0.1) is 6.61 Å². The van der Waals surface area contributed by atoms with E-state index >= 15 is 0 Å². The Hall–Kier alpha value is -2.84. The van der Waals surface area contributed by atoms with E-state index in [1.165, 1.54) is 12.1 Å². The molecular weight excluding hydrogens is 485 g/mol. The molecule has 0 unspecified atom stereocenters. The van der Waals surface area contributed by atoms with Gasteiger partial charge in [0.1, 0.15) is 5.75 Å². The Labute approximate surface area is 216 Å². The highest BCUT2D eigenvalue weighted by atomic mass is 35.5. The van der Waals surface area contributed by atoms with Crippen molar-refractivity contribution in [3.8, 4) is 11.5 Å². The molecule has 36 heavy (non-hydrogen) atoms. The van der Waals surface area contributed by atoms with Gasteiger partial charge in [0, 0.05) is 56.1 Å². The molecule has 0 saturated carbocycles. The molecule has 0 atom stereocenters. The Bertz CT molecular complexity index is 1050. The van der Waals surface area contributed by atoms with Gasteiger partial charge >= 0.3 is 0 Å². The molecule has 4 rings (SSSR count). The third kappa shape index (κ3) is 6.89. The number of piperidine rings is 1. The van der Waals surface area contributed by atoms with Crippen molar-refractivity contribution in [3.05, 3.63) is 59.4 Å². The van der Waals surface area contributed by atoms with Gasteiger partial charge in [0.2, 0.25) is 5.91 Å². The molecule has 0 radical (unpaired) electrons. The highest BCUT2D eigenvalue weighted by Gasteiger charge is 2.40. The van der Waals surface area contributed by atoms with Crippen molar-refractivity contribution in [2.75, 3.05) is 59.5 Å². The van der Waals surface area contributed by atoms with Crippen LogP contribution in [0.15, 0.2) is 48.5 Å². The lowest BCUT2D eigenvalue weighted by Gasteiger charge is -2.42. The molecule has 7 nitrogen and oxygen atoms in total. The van der Waals surface area contributed by atoms with Crippen LogP contribution >= 0.6 is 11.6 Å². The van der Waals surface area contributed by atoms with Crippen molar-refractivity contribution < 1.29 is 23.5 Å². The van der Waals surface area contributed by atoms with Crippen LogP contribution in [-0.2, 0) is 9.59 Å². The second kappa shape index (κ2) is 11.9. The van der Waals surface area contributed by atoms with Crippen molar-refractivity contribution in [2.45, 2.75) is 19.3 Å². The lowest BCUT2D eigenvalue weighted by molar-refractivity contribution is -0.140. The topological polar surface area (TPSA) is 62.3 Å². The zero-order valence-corrected chi connectivity index (χ0v) is 21.4. The van der Waals surface area contributed by atoms with E-state index in [1.807, 2.05) is 17.0 Å². The number of piperazine rings is 1. The molecule has 2 heterocycles. The second-order valence-electron chi connectivity index (χ2n) is 9.71. The molecule has 0 bridgehead atoms. The smallest absolute Gasteiger partial charge is 0.260 e. The summed E-state index contributed by atoms with van der Waals surface area (Å²) >= 11 is 6.11. The number of likely N-dealkylation sites (tertiary alicyclic amines) is 1. The van der Waals surface area contributed by atoms with Gasteiger partial charge in [-0.25, -0.2) is 4.39 Å². The van der Waals surface area contributed by atoms with Crippen molar-refractivity contribution >= 4 is 23.4 Å². The van der Waals surface area contributed by atoms with Gasteiger partial charge < -0.3 is 24.2 Å². The monoisotopic (exact) mass is 517 g/mol. The zero-order valence-electron chi connectivity index (χ0n) is 20.6. The first kappa shape index (κ1) is 26.2. The maximum atomic E-state index is 13.8. The summed E-state index contributed by atoms with van der Waals surface area (Å²) in [6, 6.07) is 13.3. The summed E-state index contributed by atoms with van der Waals surface area (Å²) < 4.78 is 25.3. The van der Waals surface area contributed by atoms with E-state index in [0.717, 1.165) is 26.2 Å². The van der Waals surface area contributed by atoms with E-state index in [-0.39, 0.29) is 24.2 Å². The molecule has 194 valence electrons. The number of benzene rings is 2. The van der Waals surface area contributed by atoms with Crippen molar-refractivity contribution in [2.24, 2.45) is 5.41 Å². The SMILES string of the molecule is CN1CCN(C(=O)CC2(COc3cccc(Cl)c3)CCN(C(=O)COc3ccccc3F)CC2)CC1. The maximum Gasteiger partial charge on any atom is 0.260 e. The van der Waals surface area contributed by atoms with Crippen LogP contribution in [0.2, 0.25) is 5.02 Å². The van der Waals surface area contributed by atoms with Gasteiger partial charge in [-0.1, -0.05) is 29.8 Å². The summed E-state index contributed by atoms with van der Waals surface area (Å²) in [5, 5.41) is 0.588. The van der Waals surface area contributed by atoms with Crippen LogP contribution < -0.4 is 9.47 Å². The van der Waals surface area contributed by atoms with E-state index in [0.29, 0.717) is 49.7 Å². The molecule has 2 fully saturated rings. The Morgan fingerprint density at radius 1 is 0.917 bits per heavy atom. The molecule has 2 saturated heterocycles. The highest BCUT2D eigenvalue weighted by molar-refractivity contribution is 6.30. The number of carbonyl (C=O) groups is 2. The minimum atomic E-state index is -0.497. The van der Waals surface area contributed by atoms with E-state index in [9.17, 15) is 14.0 Å². The van der Waals surface area contributed by atoms with Crippen LogP contribution in [-0.4, -0.2) is 86.0 Å².